The third kappa shape index (κ3) is 1.36. The second kappa shape index (κ2) is 3.34. The number of rotatable bonds is 2. The molecule has 0 amide bonds. The average molecular weight is 208 g/mol. The summed E-state index contributed by atoms with van der Waals surface area (Å²) in [4.78, 5) is 9.79. The van der Waals surface area contributed by atoms with E-state index in [0.717, 1.165) is 0 Å². The van der Waals surface area contributed by atoms with Gasteiger partial charge in [-0.2, -0.15) is 4.39 Å². The molecule has 15 heavy (non-hydrogen) atoms. The molecule has 0 unspecified atom stereocenters. The van der Waals surface area contributed by atoms with Crippen molar-refractivity contribution in [2.24, 2.45) is 0 Å². The van der Waals surface area contributed by atoms with E-state index in [9.17, 15) is 14.5 Å². The fourth-order valence-corrected chi connectivity index (χ4v) is 1.64. The second-order valence-corrected chi connectivity index (χ2v) is 3.19. The number of nitro groups is 1. The van der Waals surface area contributed by atoms with Gasteiger partial charge >= 0.3 is 5.69 Å². The van der Waals surface area contributed by atoms with Crippen LogP contribution in [0.25, 0.3) is 10.9 Å². The highest BCUT2D eigenvalue weighted by molar-refractivity contribution is 5.83. The van der Waals surface area contributed by atoms with Gasteiger partial charge in [0.1, 0.15) is 0 Å². The standard InChI is InChI=1S/C10H9FN2O2/c1-2-12-6-5-7-8(12)3-4-9(10(7)11)13(14)15/h3-6H,2H2,1H3. The summed E-state index contributed by atoms with van der Waals surface area (Å²) in [5, 5.41) is 10.8. The molecule has 1 heterocycles. The zero-order valence-corrected chi connectivity index (χ0v) is 8.11. The van der Waals surface area contributed by atoms with E-state index in [-0.39, 0.29) is 0 Å². The summed E-state index contributed by atoms with van der Waals surface area (Å²) in [6.45, 7) is 2.64. The van der Waals surface area contributed by atoms with Gasteiger partial charge in [0, 0.05) is 24.2 Å². The maximum Gasteiger partial charge on any atom is 0.305 e. The van der Waals surface area contributed by atoms with Crippen LogP contribution >= 0.6 is 0 Å². The van der Waals surface area contributed by atoms with Gasteiger partial charge in [0.15, 0.2) is 0 Å². The summed E-state index contributed by atoms with van der Waals surface area (Å²) in [5.74, 6) is -0.760. The van der Waals surface area contributed by atoms with Gasteiger partial charge in [-0.05, 0) is 19.1 Å². The lowest BCUT2D eigenvalue weighted by Crippen LogP contribution is -1.95. The van der Waals surface area contributed by atoms with Crippen molar-refractivity contribution < 1.29 is 9.31 Å². The van der Waals surface area contributed by atoms with Crippen LogP contribution in [0.2, 0.25) is 0 Å². The van der Waals surface area contributed by atoms with E-state index < -0.39 is 16.4 Å². The number of aromatic nitrogens is 1. The number of hydrogen-bond donors (Lipinski definition) is 0. The summed E-state index contributed by atoms with van der Waals surface area (Å²) in [7, 11) is 0. The van der Waals surface area contributed by atoms with Crippen molar-refractivity contribution in [3.05, 3.63) is 40.3 Å². The smallest absolute Gasteiger partial charge is 0.305 e. The maximum atomic E-state index is 13.6. The minimum Gasteiger partial charge on any atom is -0.348 e. The van der Waals surface area contributed by atoms with Crippen molar-refractivity contribution in [3.63, 3.8) is 0 Å². The normalized spacial score (nSPS) is 10.8. The molecule has 0 radical (unpaired) electrons. The van der Waals surface area contributed by atoms with Crippen LogP contribution in [0.3, 0.4) is 0 Å². The molecule has 1 aromatic carbocycles. The Labute approximate surface area is 85.1 Å². The van der Waals surface area contributed by atoms with E-state index in [0.29, 0.717) is 17.4 Å². The predicted octanol–water partition coefficient (Wildman–Crippen LogP) is 2.71. The van der Waals surface area contributed by atoms with Crippen LogP contribution in [0.5, 0.6) is 0 Å². The molecule has 0 saturated heterocycles. The van der Waals surface area contributed by atoms with Crippen LogP contribution in [-0.2, 0) is 6.54 Å². The second-order valence-electron chi connectivity index (χ2n) is 3.19. The Balaban J connectivity index is 2.75. The predicted molar refractivity (Wildman–Crippen MR) is 54.2 cm³/mol. The lowest BCUT2D eigenvalue weighted by Gasteiger charge is -2.00. The first-order chi connectivity index (χ1) is 7.15. The fourth-order valence-electron chi connectivity index (χ4n) is 1.64. The molecular formula is C10H9FN2O2. The van der Waals surface area contributed by atoms with Crippen molar-refractivity contribution in [2.45, 2.75) is 13.5 Å². The first-order valence-corrected chi connectivity index (χ1v) is 4.57. The Morgan fingerprint density at radius 3 is 2.80 bits per heavy atom. The Kier molecular flexibility index (Phi) is 2.15. The van der Waals surface area contributed by atoms with Crippen molar-refractivity contribution in [1.29, 1.82) is 0 Å². The van der Waals surface area contributed by atoms with Crippen LogP contribution in [0, 0.1) is 15.9 Å². The summed E-state index contributed by atoms with van der Waals surface area (Å²) in [6.07, 6.45) is 1.72. The molecule has 2 aromatic rings. The van der Waals surface area contributed by atoms with Crippen LogP contribution in [0.4, 0.5) is 10.1 Å². The number of aryl methyl sites for hydroxylation is 1. The molecular weight excluding hydrogens is 199 g/mol. The minimum absolute atomic E-state index is 0.297. The summed E-state index contributed by atoms with van der Waals surface area (Å²) in [6, 6.07) is 4.32. The Morgan fingerprint density at radius 2 is 2.20 bits per heavy atom. The molecule has 0 atom stereocenters. The maximum absolute atomic E-state index is 13.6. The molecule has 0 aliphatic carbocycles. The molecule has 0 bridgehead atoms. The Morgan fingerprint density at radius 1 is 1.47 bits per heavy atom. The topological polar surface area (TPSA) is 48.1 Å². The average Bonchev–Trinajstić information content (AvgIpc) is 2.61. The lowest BCUT2D eigenvalue weighted by molar-refractivity contribution is -0.387. The number of halogens is 1. The number of nitrogens with zero attached hydrogens (tertiary/aromatic N) is 2. The Hall–Kier alpha value is -1.91. The fraction of sp³-hybridized carbons (Fsp3) is 0.200. The lowest BCUT2D eigenvalue weighted by atomic mass is 10.2. The molecule has 1 aromatic heterocycles. The van der Waals surface area contributed by atoms with E-state index in [4.69, 9.17) is 0 Å². The van der Waals surface area contributed by atoms with Crippen molar-refractivity contribution in [1.82, 2.24) is 4.57 Å². The van der Waals surface area contributed by atoms with Gasteiger partial charge in [-0.25, -0.2) is 0 Å². The van der Waals surface area contributed by atoms with E-state index in [1.807, 2.05) is 11.5 Å². The highest BCUT2D eigenvalue weighted by Gasteiger charge is 2.17. The van der Waals surface area contributed by atoms with E-state index in [2.05, 4.69) is 0 Å². The van der Waals surface area contributed by atoms with Crippen LogP contribution in [0.1, 0.15) is 6.92 Å². The van der Waals surface area contributed by atoms with E-state index in [1.54, 1.807) is 18.3 Å². The highest BCUT2D eigenvalue weighted by atomic mass is 19.1. The van der Waals surface area contributed by atoms with Crippen LogP contribution in [0.15, 0.2) is 24.4 Å². The van der Waals surface area contributed by atoms with Gasteiger partial charge in [0.2, 0.25) is 5.82 Å². The first kappa shape index (κ1) is 9.64. The molecule has 4 nitrogen and oxygen atoms in total. The number of hydrogen-bond acceptors (Lipinski definition) is 2. The van der Waals surface area contributed by atoms with Crippen molar-refractivity contribution in [3.8, 4) is 0 Å². The van der Waals surface area contributed by atoms with Gasteiger partial charge in [-0.3, -0.25) is 10.1 Å². The zero-order valence-electron chi connectivity index (χ0n) is 8.11. The molecule has 0 aliphatic heterocycles. The van der Waals surface area contributed by atoms with Gasteiger partial charge in [0.05, 0.1) is 10.4 Å². The monoisotopic (exact) mass is 208 g/mol. The molecule has 2 rings (SSSR count). The minimum atomic E-state index is -0.760. The third-order valence-corrected chi connectivity index (χ3v) is 2.40. The number of fused-ring (bicyclic) bond motifs is 1. The van der Waals surface area contributed by atoms with Crippen LogP contribution in [-0.4, -0.2) is 9.49 Å². The molecule has 5 heteroatoms. The molecule has 0 N–H and O–H groups in total. The van der Waals surface area contributed by atoms with Gasteiger partial charge in [-0.1, -0.05) is 0 Å². The van der Waals surface area contributed by atoms with Crippen molar-refractivity contribution in [2.75, 3.05) is 0 Å². The highest BCUT2D eigenvalue weighted by Crippen LogP contribution is 2.26. The first-order valence-electron chi connectivity index (χ1n) is 4.57. The van der Waals surface area contributed by atoms with Gasteiger partial charge < -0.3 is 4.57 Å². The largest absolute Gasteiger partial charge is 0.348 e. The van der Waals surface area contributed by atoms with Gasteiger partial charge in [-0.15, -0.1) is 0 Å². The number of benzene rings is 1. The molecule has 0 saturated carbocycles. The third-order valence-electron chi connectivity index (χ3n) is 2.40. The summed E-state index contributed by atoms with van der Waals surface area (Å²) < 4.78 is 15.5. The van der Waals surface area contributed by atoms with Gasteiger partial charge in [0.25, 0.3) is 0 Å². The Bertz CT molecular complexity index is 533. The summed E-state index contributed by atoms with van der Waals surface area (Å²) >= 11 is 0. The molecule has 0 fully saturated rings. The number of nitro benzene ring substituents is 1. The SMILES string of the molecule is CCn1ccc2c(F)c([N+](=O)[O-])ccc21. The molecule has 0 aliphatic rings. The van der Waals surface area contributed by atoms with E-state index >= 15 is 0 Å². The van der Waals surface area contributed by atoms with Crippen LogP contribution < -0.4 is 0 Å². The zero-order chi connectivity index (χ0) is 11.0. The molecule has 0 spiro atoms. The summed E-state index contributed by atoms with van der Waals surface area (Å²) in [5.41, 5.74) is 0.206. The van der Waals surface area contributed by atoms with Crippen molar-refractivity contribution >= 4 is 16.6 Å². The molecule has 78 valence electrons. The van der Waals surface area contributed by atoms with E-state index in [1.165, 1.54) is 6.07 Å². The quantitative estimate of drug-likeness (QED) is 0.562.